The average Bonchev–Trinajstić information content (AvgIpc) is 2.43. The van der Waals surface area contributed by atoms with Gasteiger partial charge < -0.3 is 25.6 Å². The number of carbonyl (C=O) groups excluding carboxylic acids is 1. The first kappa shape index (κ1) is 15.7. The second-order valence-corrected chi connectivity index (χ2v) is 4.32. The Kier molecular flexibility index (Phi) is 5.27. The number of amides is 2. The van der Waals surface area contributed by atoms with Crippen LogP contribution in [0.3, 0.4) is 0 Å². The summed E-state index contributed by atoms with van der Waals surface area (Å²) in [4.78, 5) is 26.0. The molecule has 0 saturated carbocycles. The molecule has 0 spiro atoms. The minimum atomic E-state index is -2.00. The van der Waals surface area contributed by atoms with Gasteiger partial charge in [0.1, 0.15) is 0 Å². The Morgan fingerprint density at radius 2 is 2.10 bits per heavy atom. The van der Waals surface area contributed by atoms with Gasteiger partial charge in [0.25, 0.3) is 0 Å². The molecule has 20 heavy (non-hydrogen) atoms. The smallest absolute Gasteiger partial charge is 0.337 e. The predicted molar refractivity (Wildman–Crippen MR) is 69.3 cm³/mol. The van der Waals surface area contributed by atoms with Gasteiger partial charge in [-0.15, -0.1) is 0 Å². The second-order valence-electron chi connectivity index (χ2n) is 4.32. The van der Waals surface area contributed by atoms with Crippen LogP contribution in [0.2, 0.25) is 0 Å². The molecular formula is C12H17N3O5. The molecule has 110 valence electrons. The third-order valence-electron chi connectivity index (χ3n) is 2.51. The number of pyridine rings is 1. The Morgan fingerprint density at radius 3 is 2.60 bits per heavy atom. The number of carboxylic acid groups (broad SMARTS) is 1. The molecule has 4 N–H and O–H groups in total. The van der Waals surface area contributed by atoms with Gasteiger partial charge in [0.05, 0.1) is 13.7 Å². The number of aliphatic carboxylic acids is 1. The largest absolute Gasteiger partial charge is 0.481 e. The number of nitrogens with one attached hydrogen (secondary N) is 2. The van der Waals surface area contributed by atoms with Crippen molar-refractivity contribution in [1.82, 2.24) is 15.6 Å². The Morgan fingerprint density at radius 1 is 1.40 bits per heavy atom. The molecule has 8 heteroatoms. The highest BCUT2D eigenvalue weighted by molar-refractivity contribution is 5.79. The number of ether oxygens (including phenoxy) is 1. The van der Waals surface area contributed by atoms with Gasteiger partial charge in [-0.3, -0.25) is 0 Å². The van der Waals surface area contributed by atoms with E-state index >= 15 is 0 Å². The number of urea groups is 1. The zero-order valence-corrected chi connectivity index (χ0v) is 11.2. The number of rotatable bonds is 6. The summed E-state index contributed by atoms with van der Waals surface area (Å²) in [6, 6.07) is 2.81. The van der Waals surface area contributed by atoms with Crippen LogP contribution in [0.1, 0.15) is 12.5 Å². The molecule has 0 aliphatic heterocycles. The maximum atomic E-state index is 11.4. The molecule has 0 fully saturated rings. The van der Waals surface area contributed by atoms with Crippen LogP contribution in [0.25, 0.3) is 0 Å². The van der Waals surface area contributed by atoms with Gasteiger partial charge in [0.15, 0.2) is 5.60 Å². The number of hydrogen-bond donors (Lipinski definition) is 4. The number of carbonyl (C=O) groups is 2. The number of aromatic nitrogens is 1. The number of nitrogens with zero attached hydrogens (tertiary/aromatic N) is 1. The van der Waals surface area contributed by atoms with E-state index in [1.165, 1.54) is 7.11 Å². The summed E-state index contributed by atoms with van der Waals surface area (Å²) in [6.45, 7) is 0.927. The number of methoxy groups -OCH3 is 1. The van der Waals surface area contributed by atoms with Crippen LogP contribution in [0.4, 0.5) is 4.79 Å². The summed E-state index contributed by atoms with van der Waals surface area (Å²) in [7, 11) is 1.50. The molecule has 8 nitrogen and oxygen atoms in total. The van der Waals surface area contributed by atoms with E-state index in [-0.39, 0.29) is 6.54 Å². The second kappa shape index (κ2) is 6.71. The van der Waals surface area contributed by atoms with Gasteiger partial charge in [0.2, 0.25) is 5.88 Å². The van der Waals surface area contributed by atoms with Crippen LogP contribution in [-0.4, -0.2) is 46.5 Å². The van der Waals surface area contributed by atoms with Crippen LogP contribution >= 0.6 is 0 Å². The summed E-state index contributed by atoms with van der Waals surface area (Å²) in [5, 5.41) is 22.9. The molecule has 0 aromatic carbocycles. The van der Waals surface area contributed by atoms with E-state index < -0.39 is 24.1 Å². The highest BCUT2D eigenvalue weighted by atomic mass is 16.5. The molecule has 1 unspecified atom stereocenters. The van der Waals surface area contributed by atoms with Crippen molar-refractivity contribution in [3.8, 4) is 5.88 Å². The average molecular weight is 283 g/mol. The lowest BCUT2D eigenvalue weighted by atomic mass is 10.1. The number of hydrogen-bond acceptors (Lipinski definition) is 5. The van der Waals surface area contributed by atoms with Crippen molar-refractivity contribution >= 4 is 12.0 Å². The molecule has 1 heterocycles. The van der Waals surface area contributed by atoms with Gasteiger partial charge >= 0.3 is 12.0 Å². The van der Waals surface area contributed by atoms with Crippen LogP contribution < -0.4 is 15.4 Å². The summed E-state index contributed by atoms with van der Waals surface area (Å²) in [5.41, 5.74) is -1.25. The van der Waals surface area contributed by atoms with Crippen molar-refractivity contribution in [2.24, 2.45) is 0 Å². The fourth-order valence-electron chi connectivity index (χ4n) is 1.21. The first-order chi connectivity index (χ1) is 9.35. The maximum absolute atomic E-state index is 11.4. The summed E-state index contributed by atoms with van der Waals surface area (Å²) < 4.78 is 4.90. The van der Waals surface area contributed by atoms with Gasteiger partial charge in [-0.25, -0.2) is 14.6 Å². The van der Waals surface area contributed by atoms with Gasteiger partial charge in [-0.05, 0) is 12.5 Å². The van der Waals surface area contributed by atoms with Gasteiger partial charge in [0, 0.05) is 18.8 Å². The molecule has 0 radical (unpaired) electrons. The van der Waals surface area contributed by atoms with Crippen molar-refractivity contribution in [3.63, 3.8) is 0 Å². The highest BCUT2D eigenvalue weighted by Gasteiger charge is 2.30. The zero-order valence-electron chi connectivity index (χ0n) is 11.2. The van der Waals surface area contributed by atoms with E-state index in [4.69, 9.17) is 9.84 Å². The van der Waals surface area contributed by atoms with Gasteiger partial charge in [-0.2, -0.15) is 0 Å². The molecule has 1 atom stereocenters. The monoisotopic (exact) mass is 283 g/mol. The third kappa shape index (κ3) is 4.73. The minimum absolute atomic E-state index is 0.220. The molecular weight excluding hydrogens is 266 g/mol. The van der Waals surface area contributed by atoms with E-state index in [0.717, 1.165) is 12.5 Å². The maximum Gasteiger partial charge on any atom is 0.337 e. The van der Waals surface area contributed by atoms with Crippen molar-refractivity contribution in [1.29, 1.82) is 0 Å². The van der Waals surface area contributed by atoms with E-state index in [2.05, 4.69) is 15.6 Å². The molecule has 0 bridgehead atoms. The van der Waals surface area contributed by atoms with Crippen LogP contribution in [0, 0.1) is 0 Å². The van der Waals surface area contributed by atoms with Crippen molar-refractivity contribution < 1.29 is 24.5 Å². The fraction of sp³-hybridized carbons (Fsp3) is 0.417. The molecule has 1 rings (SSSR count). The van der Waals surface area contributed by atoms with Crippen LogP contribution in [0.15, 0.2) is 18.3 Å². The van der Waals surface area contributed by atoms with Crippen molar-refractivity contribution in [2.45, 2.75) is 19.1 Å². The predicted octanol–water partition coefficient (Wildman–Crippen LogP) is -0.275. The minimum Gasteiger partial charge on any atom is -0.481 e. The topological polar surface area (TPSA) is 121 Å². The number of carboxylic acids is 1. The Balaban J connectivity index is 2.38. The fourth-order valence-corrected chi connectivity index (χ4v) is 1.21. The SMILES string of the molecule is COc1ccc(CNC(=O)NCC(C)(O)C(=O)O)cn1. The Labute approximate surface area is 115 Å². The van der Waals surface area contributed by atoms with E-state index in [9.17, 15) is 14.7 Å². The quantitative estimate of drug-likeness (QED) is 0.570. The molecule has 2 amide bonds. The number of aliphatic hydroxyl groups is 1. The Hall–Kier alpha value is -2.35. The molecule has 0 saturated heterocycles. The van der Waals surface area contributed by atoms with Gasteiger partial charge in [-0.1, -0.05) is 6.07 Å². The molecule has 0 aliphatic rings. The van der Waals surface area contributed by atoms with E-state index in [1.54, 1.807) is 18.3 Å². The summed E-state index contributed by atoms with van der Waals surface area (Å²) in [6.07, 6.45) is 1.55. The summed E-state index contributed by atoms with van der Waals surface area (Å²) in [5.74, 6) is -0.937. The first-order valence-corrected chi connectivity index (χ1v) is 5.81. The summed E-state index contributed by atoms with van der Waals surface area (Å²) >= 11 is 0. The normalized spacial score (nSPS) is 13.2. The lowest BCUT2D eigenvalue weighted by Gasteiger charge is -2.18. The first-order valence-electron chi connectivity index (χ1n) is 5.81. The highest BCUT2D eigenvalue weighted by Crippen LogP contribution is 2.06. The lowest BCUT2D eigenvalue weighted by Crippen LogP contribution is -2.48. The Bertz CT molecular complexity index is 472. The van der Waals surface area contributed by atoms with Crippen molar-refractivity contribution in [3.05, 3.63) is 23.9 Å². The zero-order chi connectivity index (χ0) is 15.2. The molecule has 0 aliphatic carbocycles. The van der Waals surface area contributed by atoms with Crippen molar-refractivity contribution in [2.75, 3.05) is 13.7 Å². The van der Waals surface area contributed by atoms with Crippen LogP contribution in [0.5, 0.6) is 5.88 Å². The lowest BCUT2D eigenvalue weighted by molar-refractivity contribution is -0.155. The standard InChI is InChI=1S/C12H17N3O5/c1-12(19,10(16)17)7-15-11(18)14-6-8-3-4-9(20-2)13-5-8/h3-5,19H,6-7H2,1-2H3,(H,16,17)(H2,14,15,18). The molecule has 1 aromatic rings. The van der Waals surface area contributed by atoms with E-state index in [0.29, 0.717) is 5.88 Å². The molecule has 1 aromatic heterocycles. The van der Waals surface area contributed by atoms with Crippen LogP contribution in [-0.2, 0) is 11.3 Å². The van der Waals surface area contributed by atoms with E-state index in [1.807, 2.05) is 0 Å². The third-order valence-corrected chi connectivity index (χ3v) is 2.51.